The molecule has 8 aliphatic rings. The van der Waals surface area contributed by atoms with Crippen LogP contribution in [0.3, 0.4) is 0 Å². The van der Waals surface area contributed by atoms with Gasteiger partial charge in [0.2, 0.25) is 0 Å². The number of alkyl halides is 3. The molecule has 5 nitrogen and oxygen atoms in total. The van der Waals surface area contributed by atoms with Gasteiger partial charge in [0.15, 0.2) is 0 Å². The number of rotatable bonds is 8. The lowest BCUT2D eigenvalue weighted by molar-refractivity contribution is -0.137. The Labute approximate surface area is 277 Å². The Morgan fingerprint density at radius 2 is 1.60 bits per heavy atom. The number of hydrogen-bond acceptors (Lipinski definition) is 5. The first-order valence-electron chi connectivity index (χ1n) is 18.3. The molecular formula is C39H49F3N4O. The van der Waals surface area contributed by atoms with Gasteiger partial charge in [0.05, 0.1) is 17.9 Å². The summed E-state index contributed by atoms with van der Waals surface area (Å²) in [5, 5.41) is 0. The largest absolute Gasteiger partial charge is 0.491 e. The van der Waals surface area contributed by atoms with E-state index in [0.717, 1.165) is 88.4 Å². The molecule has 8 heteroatoms. The molecule has 0 spiro atoms. The van der Waals surface area contributed by atoms with Crippen LogP contribution in [0.25, 0.3) is 0 Å². The molecule has 0 N–H and O–H groups in total. The molecule has 252 valence electrons. The minimum Gasteiger partial charge on any atom is -0.491 e. The van der Waals surface area contributed by atoms with E-state index in [1.165, 1.54) is 62.9 Å². The number of allylic oxidation sites excluding steroid dienone is 2. The molecule has 0 radical (unpaired) electrons. The van der Waals surface area contributed by atoms with Crippen LogP contribution < -0.4 is 14.5 Å². The highest BCUT2D eigenvalue weighted by atomic mass is 19.4. The lowest BCUT2D eigenvalue weighted by atomic mass is 9.76. The van der Waals surface area contributed by atoms with Gasteiger partial charge in [-0.1, -0.05) is 30.4 Å². The van der Waals surface area contributed by atoms with Gasteiger partial charge in [-0.15, -0.1) is 0 Å². The summed E-state index contributed by atoms with van der Waals surface area (Å²) in [6.45, 7) is 9.84. The number of halogens is 3. The second-order valence-electron chi connectivity index (χ2n) is 16.1. The van der Waals surface area contributed by atoms with Gasteiger partial charge in [-0.3, -0.25) is 9.80 Å². The smallest absolute Gasteiger partial charge is 0.416 e. The lowest BCUT2D eigenvalue weighted by Gasteiger charge is -2.45. The predicted molar refractivity (Wildman–Crippen MR) is 180 cm³/mol. The molecule has 2 aromatic rings. The maximum absolute atomic E-state index is 13.4. The van der Waals surface area contributed by atoms with Crippen molar-refractivity contribution in [2.75, 3.05) is 75.3 Å². The predicted octanol–water partition coefficient (Wildman–Crippen LogP) is 7.05. The average Bonchev–Trinajstić information content (AvgIpc) is 3.82. The summed E-state index contributed by atoms with van der Waals surface area (Å²) < 4.78 is 46.9. The molecule has 2 aliphatic heterocycles. The van der Waals surface area contributed by atoms with Crippen molar-refractivity contribution < 1.29 is 17.9 Å². The Balaban J connectivity index is 0.825. The van der Waals surface area contributed by atoms with Crippen LogP contribution in [0.4, 0.5) is 24.5 Å². The standard InChI is InChI=1S/C39H49F3N4O/c40-39(41,42)32-4-3-5-33(22-32)44-14-16-46(17-15-44)37-30-20-28-21-34(37)38(23-28,24-30)26-47-36-7-2-1-6-35(36)45-12-10-43(11-13-45)25-31-19-27-8-9-29(31)18-27/h1-9,22,27-31,34,37H,10-21,23-26H2. The molecule has 2 saturated heterocycles. The van der Waals surface area contributed by atoms with E-state index in [-0.39, 0.29) is 5.41 Å². The molecule has 0 amide bonds. The monoisotopic (exact) mass is 646 g/mol. The first-order chi connectivity index (χ1) is 22.8. The number of anilines is 2. The van der Waals surface area contributed by atoms with Crippen LogP contribution in [0.5, 0.6) is 5.75 Å². The number of benzene rings is 2. The molecule has 7 fully saturated rings. The van der Waals surface area contributed by atoms with Crippen LogP contribution in [-0.2, 0) is 6.18 Å². The van der Waals surface area contributed by atoms with Gasteiger partial charge in [0.1, 0.15) is 5.75 Å². The highest BCUT2D eigenvalue weighted by Crippen LogP contribution is 2.66. The molecule has 5 saturated carbocycles. The number of para-hydroxylation sites is 2. The Morgan fingerprint density at radius 3 is 2.36 bits per heavy atom. The fourth-order valence-electron chi connectivity index (χ4n) is 11.6. The maximum Gasteiger partial charge on any atom is 0.416 e. The van der Waals surface area contributed by atoms with Gasteiger partial charge in [0.25, 0.3) is 0 Å². The number of piperazine rings is 2. The summed E-state index contributed by atoms with van der Waals surface area (Å²) in [4.78, 5) is 10.1. The van der Waals surface area contributed by atoms with E-state index in [9.17, 15) is 13.2 Å². The van der Waals surface area contributed by atoms with E-state index in [2.05, 4.69) is 56.0 Å². The van der Waals surface area contributed by atoms with Gasteiger partial charge >= 0.3 is 6.18 Å². The minimum absolute atomic E-state index is 0.247. The molecule has 8 atom stereocenters. The summed E-state index contributed by atoms with van der Waals surface area (Å²) in [7, 11) is 0. The zero-order chi connectivity index (χ0) is 31.8. The molecule has 10 rings (SSSR count). The number of ether oxygens (including phenoxy) is 1. The lowest BCUT2D eigenvalue weighted by Crippen LogP contribution is -2.54. The summed E-state index contributed by atoms with van der Waals surface area (Å²) in [5.41, 5.74) is 1.64. The first kappa shape index (κ1) is 30.4. The van der Waals surface area contributed by atoms with E-state index in [0.29, 0.717) is 23.6 Å². The van der Waals surface area contributed by atoms with Crippen LogP contribution >= 0.6 is 0 Å². The summed E-state index contributed by atoms with van der Waals surface area (Å²) in [5.74, 6) is 5.75. The van der Waals surface area contributed by atoms with Gasteiger partial charge in [0, 0.05) is 76.0 Å². The quantitative estimate of drug-likeness (QED) is 0.286. The van der Waals surface area contributed by atoms with Gasteiger partial charge in [-0.25, -0.2) is 0 Å². The molecule has 0 aromatic heterocycles. The zero-order valence-electron chi connectivity index (χ0n) is 27.5. The van der Waals surface area contributed by atoms with E-state index in [4.69, 9.17) is 4.74 Å². The Hall–Kier alpha value is -2.71. The van der Waals surface area contributed by atoms with Crippen LogP contribution in [0.2, 0.25) is 0 Å². The molecule has 2 heterocycles. The molecular weight excluding hydrogens is 597 g/mol. The second kappa shape index (κ2) is 11.7. The Bertz CT molecular complexity index is 1480. The average molecular weight is 647 g/mol. The molecule has 8 unspecified atom stereocenters. The van der Waals surface area contributed by atoms with Gasteiger partial charge in [-0.05, 0) is 104 Å². The van der Waals surface area contributed by atoms with Gasteiger partial charge < -0.3 is 14.5 Å². The second-order valence-corrected chi connectivity index (χ2v) is 16.1. The van der Waals surface area contributed by atoms with Crippen LogP contribution in [0.1, 0.15) is 44.1 Å². The topological polar surface area (TPSA) is 22.2 Å². The zero-order valence-corrected chi connectivity index (χ0v) is 27.5. The van der Waals surface area contributed by atoms with Crippen molar-refractivity contribution in [2.24, 2.45) is 40.9 Å². The summed E-state index contributed by atoms with van der Waals surface area (Å²) >= 11 is 0. The summed E-state index contributed by atoms with van der Waals surface area (Å²) in [6, 6.07) is 15.2. The SMILES string of the molecule is FC(F)(F)c1cccc(N2CCN(C3C4CC5CC3C(COc3ccccc3N3CCN(CC6CC7C=CC6C7)CC3)(C5)C4)CC2)c1. The molecule has 6 bridgehead atoms. The van der Waals surface area contributed by atoms with Crippen molar-refractivity contribution in [1.82, 2.24) is 9.80 Å². The fraction of sp³-hybridized carbons (Fsp3) is 0.641. The van der Waals surface area contributed by atoms with E-state index in [1.54, 1.807) is 6.07 Å². The van der Waals surface area contributed by atoms with Crippen molar-refractivity contribution in [3.05, 3.63) is 66.2 Å². The van der Waals surface area contributed by atoms with Crippen LogP contribution in [0, 0.1) is 40.9 Å². The van der Waals surface area contributed by atoms with Crippen molar-refractivity contribution in [3.63, 3.8) is 0 Å². The maximum atomic E-state index is 13.4. The number of hydrogen-bond donors (Lipinski definition) is 0. The first-order valence-corrected chi connectivity index (χ1v) is 18.3. The normalized spacial score (nSPS) is 36.6. The fourth-order valence-corrected chi connectivity index (χ4v) is 11.6. The third-order valence-electron chi connectivity index (χ3n) is 13.5. The molecule has 6 aliphatic carbocycles. The third kappa shape index (κ3) is 5.55. The van der Waals surface area contributed by atoms with E-state index >= 15 is 0 Å². The van der Waals surface area contributed by atoms with Crippen molar-refractivity contribution in [3.8, 4) is 5.75 Å². The van der Waals surface area contributed by atoms with Crippen LogP contribution in [-0.4, -0.2) is 81.4 Å². The van der Waals surface area contributed by atoms with Crippen molar-refractivity contribution >= 4 is 11.4 Å². The molecule has 2 aromatic carbocycles. The number of fused-ring (bicyclic) bond motifs is 2. The third-order valence-corrected chi connectivity index (χ3v) is 13.5. The van der Waals surface area contributed by atoms with Gasteiger partial charge in [-0.2, -0.15) is 13.2 Å². The highest BCUT2D eigenvalue weighted by molar-refractivity contribution is 5.59. The van der Waals surface area contributed by atoms with E-state index < -0.39 is 11.7 Å². The van der Waals surface area contributed by atoms with Crippen LogP contribution in [0.15, 0.2) is 60.7 Å². The summed E-state index contributed by atoms with van der Waals surface area (Å²) in [6.07, 6.45) is 8.58. The Morgan fingerprint density at radius 1 is 0.787 bits per heavy atom. The minimum atomic E-state index is -4.31. The van der Waals surface area contributed by atoms with Crippen molar-refractivity contribution in [1.29, 1.82) is 0 Å². The highest BCUT2D eigenvalue weighted by Gasteiger charge is 2.64. The van der Waals surface area contributed by atoms with Crippen molar-refractivity contribution in [2.45, 2.75) is 50.7 Å². The number of nitrogens with zero attached hydrogens (tertiary/aromatic N) is 4. The van der Waals surface area contributed by atoms with E-state index in [1.807, 2.05) is 6.07 Å². The molecule has 47 heavy (non-hydrogen) atoms. The Kier molecular flexibility index (Phi) is 7.57.